The van der Waals surface area contributed by atoms with Gasteiger partial charge in [-0.05, 0) is 28.4 Å². The number of hydrogen-bond donors (Lipinski definition) is 1. The van der Waals surface area contributed by atoms with E-state index in [9.17, 15) is 0 Å². The van der Waals surface area contributed by atoms with Crippen molar-refractivity contribution in [1.82, 2.24) is 19.7 Å². The molecule has 0 radical (unpaired) electrons. The molecule has 0 amide bonds. The minimum atomic E-state index is -0.0717. The van der Waals surface area contributed by atoms with E-state index in [4.69, 9.17) is 4.98 Å². The van der Waals surface area contributed by atoms with Crippen molar-refractivity contribution in [3.05, 3.63) is 22.4 Å². The van der Waals surface area contributed by atoms with Crippen molar-refractivity contribution < 1.29 is 0 Å². The van der Waals surface area contributed by atoms with Gasteiger partial charge in [0.25, 0.3) is 0 Å². The molecule has 2 aromatic rings. The van der Waals surface area contributed by atoms with E-state index >= 15 is 0 Å². The third-order valence-corrected chi connectivity index (χ3v) is 3.91. The van der Waals surface area contributed by atoms with Crippen LogP contribution in [0.3, 0.4) is 0 Å². The first kappa shape index (κ1) is 15.9. The highest BCUT2D eigenvalue weighted by atomic mass is 79.9. The Kier molecular flexibility index (Phi) is 4.66. The van der Waals surface area contributed by atoms with Crippen LogP contribution in [0.1, 0.15) is 39.8 Å². The van der Waals surface area contributed by atoms with E-state index in [0.717, 1.165) is 34.6 Å². The first-order chi connectivity index (χ1) is 9.84. The van der Waals surface area contributed by atoms with Gasteiger partial charge in [0.15, 0.2) is 5.82 Å². The number of hydrogen-bond acceptors (Lipinski definition) is 4. The minimum Gasteiger partial charge on any atom is -0.369 e. The fourth-order valence-corrected chi connectivity index (χ4v) is 2.92. The summed E-state index contributed by atoms with van der Waals surface area (Å²) >= 11 is 3.65. The van der Waals surface area contributed by atoms with E-state index in [1.54, 1.807) is 10.9 Å². The van der Waals surface area contributed by atoms with Crippen LogP contribution < -0.4 is 5.32 Å². The molecule has 0 aliphatic carbocycles. The van der Waals surface area contributed by atoms with Crippen LogP contribution >= 0.6 is 15.9 Å². The molecule has 0 aromatic carbocycles. The van der Waals surface area contributed by atoms with Crippen molar-refractivity contribution in [1.29, 1.82) is 0 Å². The van der Waals surface area contributed by atoms with Crippen LogP contribution in [-0.2, 0) is 12.5 Å². The summed E-state index contributed by atoms with van der Waals surface area (Å²) in [5.41, 5.74) is 1.83. The van der Waals surface area contributed by atoms with Gasteiger partial charge in [0.05, 0.1) is 10.2 Å². The van der Waals surface area contributed by atoms with Gasteiger partial charge in [-0.3, -0.25) is 4.68 Å². The number of rotatable bonds is 4. The first-order valence-electron chi connectivity index (χ1n) is 7.15. The predicted octanol–water partition coefficient (Wildman–Crippen LogP) is 3.76. The Morgan fingerprint density at radius 1 is 1.29 bits per heavy atom. The molecule has 0 aliphatic rings. The largest absolute Gasteiger partial charge is 0.369 e. The molecule has 5 nitrogen and oxygen atoms in total. The highest BCUT2D eigenvalue weighted by Crippen LogP contribution is 2.34. The van der Waals surface area contributed by atoms with Crippen molar-refractivity contribution in [2.24, 2.45) is 7.05 Å². The smallest absolute Gasteiger partial charge is 0.180 e. The SMILES string of the molecule is CCCNc1nc(-c2ccnn2C)nc(C(C)(C)C)c1Br. The molecule has 0 bridgehead atoms. The van der Waals surface area contributed by atoms with Crippen LogP contribution in [0.25, 0.3) is 11.5 Å². The summed E-state index contributed by atoms with van der Waals surface area (Å²) < 4.78 is 2.73. The molecule has 0 saturated heterocycles. The molecule has 0 unspecified atom stereocenters. The van der Waals surface area contributed by atoms with Crippen molar-refractivity contribution in [3.63, 3.8) is 0 Å². The van der Waals surface area contributed by atoms with Crippen LogP contribution in [0.5, 0.6) is 0 Å². The van der Waals surface area contributed by atoms with Gasteiger partial charge in [0, 0.05) is 25.2 Å². The maximum Gasteiger partial charge on any atom is 0.180 e. The number of aryl methyl sites for hydroxylation is 1. The van der Waals surface area contributed by atoms with Crippen LogP contribution in [-0.4, -0.2) is 26.3 Å². The Labute approximate surface area is 134 Å². The van der Waals surface area contributed by atoms with Crippen LogP contribution in [0.4, 0.5) is 5.82 Å². The number of nitrogens with one attached hydrogen (secondary N) is 1. The van der Waals surface area contributed by atoms with Gasteiger partial charge in [0.1, 0.15) is 11.5 Å². The fourth-order valence-electron chi connectivity index (χ4n) is 2.01. The lowest BCUT2D eigenvalue weighted by atomic mass is 9.92. The second kappa shape index (κ2) is 6.13. The molecule has 2 rings (SSSR count). The number of anilines is 1. The van der Waals surface area contributed by atoms with E-state index in [1.165, 1.54) is 0 Å². The molecule has 21 heavy (non-hydrogen) atoms. The number of halogens is 1. The molecule has 0 fully saturated rings. The van der Waals surface area contributed by atoms with Crippen molar-refractivity contribution in [2.45, 2.75) is 39.5 Å². The van der Waals surface area contributed by atoms with Gasteiger partial charge >= 0.3 is 0 Å². The highest BCUT2D eigenvalue weighted by molar-refractivity contribution is 9.10. The normalized spacial score (nSPS) is 11.7. The second-order valence-electron chi connectivity index (χ2n) is 6.08. The van der Waals surface area contributed by atoms with E-state index in [2.05, 4.69) is 59.0 Å². The summed E-state index contributed by atoms with van der Waals surface area (Å²) in [7, 11) is 1.90. The molecule has 0 spiro atoms. The lowest BCUT2D eigenvalue weighted by Gasteiger charge is -2.22. The molecular formula is C15H22BrN5. The Hall–Kier alpha value is -1.43. The summed E-state index contributed by atoms with van der Waals surface area (Å²) in [6.07, 6.45) is 2.80. The van der Waals surface area contributed by atoms with Crippen LogP contribution in [0.15, 0.2) is 16.7 Å². The van der Waals surface area contributed by atoms with Gasteiger partial charge in [-0.1, -0.05) is 27.7 Å². The van der Waals surface area contributed by atoms with E-state index < -0.39 is 0 Å². The standard InChI is InChI=1S/C15H22BrN5/c1-6-8-17-14-11(16)12(15(2,3)4)19-13(20-14)10-7-9-18-21(10)5/h7,9H,6,8H2,1-5H3,(H,17,19,20). The molecule has 114 valence electrons. The van der Waals surface area contributed by atoms with E-state index in [1.807, 2.05) is 13.1 Å². The van der Waals surface area contributed by atoms with E-state index in [0.29, 0.717) is 5.82 Å². The molecule has 2 heterocycles. The zero-order chi connectivity index (χ0) is 15.6. The molecule has 0 saturated carbocycles. The molecule has 1 N–H and O–H groups in total. The Balaban J connectivity index is 2.59. The minimum absolute atomic E-state index is 0.0717. The van der Waals surface area contributed by atoms with E-state index in [-0.39, 0.29) is 5.41 Å². The van der Waals surface area contributed by atoms with Crippen LogP contribution in [0, 0.1) is 0 Å². The maximum atomic E-state index is 4.76. The molecule has 0 atom stereocenters. The zero-order valence-corrected chi connectivity index (χ0v) is 14.8. The Bertz CT molecular complexity index is 627. The third kappa shape index (κ3) is 3.43. The van der Waals surface area contributed by atoms with Crippen molar-refractivity contribution in [2.75, 3.05) is 11.9 Å². The summed E-state index contributed by atoms with van der Waals surface area (Å²) in [5, 5.41) is 7.57. The van der Waals surface area contributed by atoms with Gasteiger partial charge in [0.2, 0.25) is 0 Å². The average Bonchev–Trinajstić information content (AvgIpc) is 2.82. The predicted molar refractivity (Wildman–Crippen MR) is 89.4 cm³/mol. The summed E-state index contributed by atoms with van der Waals surface area (Å²) in [4.78, 5) is 9.41. The third-order valence-electron chi connectivity index (χ3n) is 3.15. The Morgan fingerprint density at radius 2 is 2.00 bits per heavy atom. The second-order valence-corrected chi connectivity index (χ2v) is 6.87. The van der Waals surface area contributed by atoms with Crippen molar-refractivity contribution >= 4 is 21.7 Å². The highest BCUT2D eigenvalue weighted by Gasteiger charge is 2.24. The van der Waals surface area contributed by atoms with Gasteiger partial charge < -0.3 is 5.32 Å². The fraction of sp³-hybridized carbons (Fsp3) is 0.533. The van der Waals surface area contributed by atoms with Gasteiger partial charge in [-0.2, -0.15) is 5.10 Å². The first-order valence-corrected chi connectivity index (χ1v) is 7.94. The van der Waals surface area contributed by atoms with Gasteiger partial charge in [-0.15, -0.1) is 0 Å². The lowest BCUT2D eigenvalue weighted by Crippen LogP contribution is -2.18. The number of nitrogens with zero attached hydrogens (tertiary/aromatic N) is 4. The van der Waals surface area contributed by atoms with Crippen molar-refractivity contribution in [3.8, 4) is 11.5 Å². The topological polar surface area (TPSA) is 55.6 Å². The summed E-state index contributed by atoms with van der Waals surface area (Å²) in [6.45, 7) is 9.46. The Morgan fingerprint density at radius 3 is 2.52 bits per heavy atom. The maximum absolute atomic E-state index is 4.76. The lowest BCUT2D eigenvalue weighted by molar-refractivity contribution is 0.564. The summed E-state index contributed by atoms with van der Waals surface area (Å²) in [6, 6.07) is 1.93. The average molecular weight is 352 g/mol. The number of aromatic nitrogens is 4. The summed E-state index contributed by atoms with van der Waals surface area (Å²) in [5.74, 6) is 1.54. The monoisotopic (exact) mass is 351 g/mol. The quantitative estimate of drug-likeness (QED) is 0.910. The van der Waals surface area contributed by atoms with Crippen LogP contribution in [0.2, 0.25) is 0 Å². The molecule has 0 aliphatic heterocycles. The molecule has 2 aromatic heterocycles. The molecular weight excluding hydrogens is 330 g/mol. The molecule has 6 heteroatoms. The van der Waals surface area contributed by atoms with Gasteiger partial charge in [-0.25, -0.2) is 9.97 Å². The zero-order valence-electron chi connectivity index (χ0n) is 13.2.